The molecule has 1 N–H and O–H groups in total. The molecule has 2 aromatic rings. The lowest BCUT2D eigenvalue weighted by atomic mass is 10.0. The third-order valence-electron chi connectivity index (χ3n) is 3.50. The summed E-state index contributed by atoms with van der Waals surface area (Å²) in [5.74, 6) is 0. The van der Waals surface area contributed by atoms with E-state index < -0.39 is 0 Å². The van der Waals surface area contributed by atoms with Crippen molar-refractivity contribution in [1.29, 1.82) is 0 Å². The van der Waals surface area contributed by atoms with Gasteiger partial charge in [-0.25, -0.2) is 4.98 Å². The zero-order valence-electron chi connectivity index (χ0n) is 10.9. The van der Waals surface area contributed by atoms with E-state index in [1.807, 2.05) is 0 Å². The third kappa shape index (κ3) is 2.55. The maximum absolute atomic E-state index is 4.51. The van der Waals surface area contributed by atoms with E-state index in [2.05, 4.69) is 47.4 Å². The van der Waals surface area contributed by atoms with Crippen molar-refractivity contribution in [2.24, 2.45) is 0 Å². The zero-order chi connectivity index (χ0) is 12.5. The van der Waals surface area contributed by atoms with Crippen molar-refractivity contribution in [3.63, 3.8) is 0 Å². The highest BCUT2D eigenvalue weighted by Gasteiger charge is 2.16. The Morgan fingerprint density at radius 3 is 3.22 bits per heavy atom. The number of thiazole rings is 1. The average Bonchev–Trinajstić information content (AvgIpc) is 2.68. The Balaban J connectivity index is 1.77. The van der Waals surface area contributed by atoms with E-state index >= 15 is 0 Å². The number of aromatic nitrogens is 1. The highest BCUT2D eigenvalue weighted by atomic mass is 32.1. The van der Waals surface area contributed by atoms with Gasteiger partial charge < -0.3 is 10.2 Å². The number of fused-ring (bicyclic) bond motifs is 1. The summed E-state index contributed by atoms with van der Waals surface area (Å²) < 4.78 is 1.31. The number of piperazine rings is 1. The molecule has 3 rings (SSSR count). The van der Waals surface area contributed by atoms with Crippen molar-refractivity contribution in [2.75, 3.05) is 26.7 Å². The lowest BCUT2D eigenvalue weighted by Crippen LogP contribution is -2.49. The molecule has 3 nitrogen and oxygen atoms in total. The summed E-state index contributed by atoms with van der Waals surface area (Å²) in [6, 6.07) is 7.25. The SMILES string of the molecule is Cc1nc2ccc(CC3CN(C)CCN3)cc2s1. The van der Waals surface area contributed by atoms with Crippen LogP contribution in [-0.2, 0) is 6.42 Å². The Bertz CT molecular complexity index is 549. The molecule has 18 heavy (non-hydrogen) atoms. The van der Waals surface area contributed by atoms with Gasteiger partial charge in [-0.2, -0.15) is 0 Å². The van der Waals surface area contributed by atoms with Crippen molar-refractivity contribution >= 4 is 21.6 Å². The summed E-state index contributed by atoms with van der Waals surface area (Å²) in [7, 11) is 2.20. The highest BCUT2D eigenvalue weighted by Crippen LogP contribution is 2.23. The Morgan fingerprint density at radius 1 is 1.50 bits per heavy atom. The van der Waals surface area contributed by atoms with Crippen LogP contribution in [-0.4, -0.2) is 42.6 Å². The molecule has 0 bridgehead atoms. The van der Waals surface area contributed by atoms with Crippen molar-refractivity contribution in [2.45, 2.75) is 19.4 Å². The van der Waals surface area contributed by atoms with Gasteiger partial charge >= 0.3 is 0 Å². The molecule has 1 aliphatic rings. The quantitative estimate of drug-likeness (QED) is 0.897. The maximum Gasteiger partial charge on any atom is 0.0907 e. The summed E-state index contributed by atoms with van der Waals surface area (Å²) in [4.78, 5) is 6.91. The molecule has 1 fully saturated rings. The van der Waals surface area contributed by atoms with Crippen LogP contribution in [0.4, 0.5) is 0 Å². The second-order valence-electron chi connectivity index (χ2n) is 5.15. The van der Waals surface area contributed by atoms with Gasteiger partial charge in [-0.05, 0) is 38.1 Å². The van der Waals surface area contributed by atoms with Crippen molar-refractivity contribution < 1.29 is 0 Å². The van der Waals surface area contributed by atoms with E-state index in [1.54, 1.807) is 11.3 Å². The van der Waals surface area contributed by atoms with Crippen molar-refractivity contribution in [1.82, 2.24) is 15.2 Å². The van der Waals surface area contributed by atoms with E-state index in [4.69, 9.17) is 0 Å². The number of aryl methyl sites for hydroxylation is 1. The third-order valence-corrected chi connectivity index (χ3v) is 4.43. The summed E-state index contributed by atoms with van der Waals surface area (Å²) in [6.07, 6.45) is 1.11. The maximum atomic E-state index is 4.51. The predicted molar refractivity (Wildman–Crippen MR) is 77.3 cm³/mol. The van der Waals surface area contributed by atoms with E-state index in [0.717, 1.165) is 36.6 Å². The summed E-state index contributed by atoms with van der Waals surface area (Å²) in [5.41, 5.74) is 2.55. The number of nitrogens with one attached hydrogen (secondary N) is 1. The fourth-order valence-corrected chi connectivity index (χ4v) is 3.51. The van der Waals surface area contributed by atoms with Crippen LogP contribution in [0.5, 0.6) is 0 Å². The van der Waals surface area contributed by atoms with Crippen LogP contribution >= 0.6 is 11.3 Å². The lowest BCUT2D eigenvalue weighted by molar-refractivity contribution is 0.238. The van der Waals surface area contributed by atoms with Crippen molar-refractivity contribution in [3.8, 4) is 0 Å². The minimum absolute atomic E-state index is 0.579. The molecule has 4 heteroatoms. The molecular weight excluding hydrogens is 242 g/mol. The molecular formula is C14H19N3S. The molecule has 1 atom stereocenters. The van der Waals surface area contributed by atoms with E-state index in [9.17, 15) is 0 Å². The van der Waals surface area contributed by atoms with Gasteiger partial charge in [0, 0.05) is 25.7 Å². The first kappa shape index (κ1) is 12.1. The van der Waals surface area contributed by atoms with E-state index in [0.29, 0.717) is 6.04 Å². The number of benzene rings is 1. The largest absolute Gasteiger partial charge is 0.311 e. The minimum atomic E-state index is 0.579. The molecule has 1 aromatic carbocycles. The first-order valence-corrected chi connectivity index (χ1v) is 7.30. The van der Waals surface area contributed by atoms with Crippen LogP contribution in [0.2, 0.25) is 0 Å². The van der Waals surface area contributed by atoms with Crippen LogP contribution < -0.4 is 5.32 Å². The molecule has 1 unspecified atom stereocenters. The van der Waals surface area contributed by atoms with Gasteiger partial charge in [0.1, 0.15) is 0 Å². The smallest absolute Gasteiger partial charge is 0.0907 e. The Hall–Kier alpha value is -0.970. The summed E-state index contributed by atoms with van der Waals surface area (Å²) in [5, 5.41) is 4.75. The predicted octanol–water partition coefficient (Wildman–Crippen LogP) is 2.05. The fourth-order valence-electron chi connectivity index (χ4n) is 2.62. The van der Waals surface area contributed by atoms with Crippen LogP contribution in [0.3, 0.4) is 0 Å². The van der Waals surface area contributed by atoms with Gasteiger partial charge in [-0.15, -0.1) is 11.3 Å². The fraction of sp³-hybridized carbons (Fsp3) is 0.500. The van der Waals surface area contributed by atoms with Crippen LogP contribution in [0.1, 0.15) is 10.6 Å². The van der Waals surface area contributed by atoms with Crippen LogP contribution in [0.25, 0.3) is 10.2 Å². The number of likely N-dealkylation sites (N-methyl/N-ethyl adjacent to an activating group) is 1. The number of rotatable bonds is 2. The first-order valence-electron chi connectivity index (χ1n) is 6.49. The molecule has 0 amide bonds. The Kier molecular flexibility index (Phi) is 3.33. The van der Waals surface area contributed by atoms with Gasteiger partial charge in [0.15, 0.2) is 0 Å². The molecule has 2 heterocycles. The number of hydrogen-bond donors (Lipinski definition) is 1. The summed E-state index contributed by atoms with van der Waals surface area (Å²) in [6.45, 7) is 5.47. The van der Waals surface area contributed by atoms with E-state index in [-0.39, 0.29) is 0 Å². The standard InChI is InChI=1S/C14H19N3S/c1-10-16-13-4-3-11(8-14(13)18-10)7-12-9-17(2)6-5-15-12/h3-4,8,12,15H,5-7,9H2,1-2H3. The Labute approximate surface area is 112 Å². The molecule has 1 aliphatic heterocycles. The number of hydrogen-bond acceptors (Lipinski definition) is 4. The monoisotopic (exact) mass is 261 g/mol. The van der Waals surface area contributed by atoms with E-state index in [1.165, 1.54) is 10.3 Å². The molecule has 0 aliphatic carbocycles. The Morgan fingerprint density at radius 2 is 2.39 bits per heavy atom. The summed E-state index contributed by atoms with van der Waals surface area (Å²) >= 11 is 1.79. The second kappa shape index (κ2) is 4.96. The zero-order valence-corrected chi connectivity index (χ0v) is 11.8. The topological polar surface area (TPSA) is 28.2 Å². The second-order valence-corrected chi connectivity index (χ2v) is 6.39. The van der Waals surface area contributed by atoms with Crippen LogP contribution in [0, 0.1) is 6.92 Å². The minimum Gasteiger partial charge on any atom is -0.311 e. The highest BCUT2D eigenvalue weighted by molar-refractivity contribution is 7.18. The normalized spacial score (nSPS) is 21.6. The van der Waals surface area contributed by atoms with Crippen LogP contribution in [0.15, 0.2) is 18.2 Å². The van der Waals surface area contributed by atoms with Gasteiger partial charge in [-0.3, -0.25) is 0 Å². The first-order chi connectivity index (χ1) is 8.70. The van der Waals surface area contributed by atoms with Gasteiger partial charge in [-0.1, -0.05) is 6.07 Å². The van der Waals surface area contributed by atoms with Gasteiger partial charge in [0.2, 0.25) is 0 Å². The number of nitrogens with zero attached hydrogens (tertiary/aromatic N) is 2. The van der Waals surface area contributed by atoms with Gasteiger partial charge in [0.05, 0.1) is 15.2 Å². The molecule has 1 saturated heterocycles. The lowest BCUT2D eigenvalue weighted by Gasteiger charge is -2.31. The molecule has 96 valence electrons. The molecule has 1 aromatic heterocycles. The average molecular weight is 261 g/mol. The van der Waals surface area contributed by atoms with Gasteiger partial charge in [0.25, 0.3) is 0 Å². The molecule has 0 saturated carbocycles. The molecule has 0 spiro atoms. The molecule has 0 radical (unpaired) electrons. The van der Waals surface area contributed by atoms with Crippen molar-refractivity contribution in [3.05, 3.63) is 28.8 Å².